The lowest BCUT2D eigenvalue weighted by molar-refractivity contribution is -0.597. The Kier molecular flexibility index (Phi) is 7.26. The van der Waals surface area contributed by atoms with E-state index in [0.29, 0.717) is 10.7 Å². The van der Waals surface area contributed by atoms with Crippen molar-refractivity contribution in [3.05, 3.63) is 85.0 Å². The first kappa shape index (κ1) is 21.7. The van der Waals surface area contributed by atoms with Gasteiger partial charge in [-0.1, -0.05) is 35.1 Å². The van der Waals surface area contributed by atoms with Crippen LogP contribution in [-0.4, -0.2) is 18.0 Å². The molecule has 0 aliphatic heterocycles. The predicted molar refractivity (Wildman–Crippen MR) is 109 cm³/mol. The number of thiazole rings is 1. The highest BCUT2D eigenvalue weighted by Crippen LogP contribution is 2.29. The van der Waals surface area contributed by atoms with Crippen molar-refractivity contribution in [1.82, 2.24) is 4.98 Å². The van der Waals surface area contributed by atoms with Gasteiger partial charge in [0.2, 0.25) is 0 Å². The van der Waals surface area contributed by atoms with Crippen molar-refractivity contribution in [1.29, 1.82) is 0 Å². The van der Waals surface area contributed by atoms with E-state index < -0.39 is 0 Å². The molecule has 29 heavy (non-hydrogen) atoms. The second kappa shape index (κ2) is 9.69. The van der Waals surface area contributed by atoms with Crippen molar-refractivity contribution in [3.8, 4) is 5.75 Å². The summed E-state index contributed by atoms with van der Waals surface area (Å²) >= 11 is 1.13. The SMILES string of the molecule is COc1ccc2nc(NC(=O)c3cccc([I+]c4ccc(C)cc4)c3)sc2c1.[Br-]. The number of rotatable bonds is 5. The summed E-state index contributed by atoms with van der Waals surface area (Å²) in [4.78, 5) is 17.2. The first-order valence-corrected chi connectivity index (χ1v) is 11.7. The molecule has 148 valence electrons. The van der Waals surface area contributed by atoms with Crippen LogP contribution in [0.4, 0.5) is 5.13 Å². The summed E-state index contributed by atoms with van der Waals surface area (Å²) in [5.41, 5.74) is 2.76. The van der Waals surface area contributed by atoms with Crippen LogP contribution in [0.25, 0.3) is 10.2 Å². The molecular weight excluding hydrogens is 563 g/mol. The second-order valence-corrected chi connectivity index (χ2v) is 10.3. The van der Waals surface area contributed by atoms with Gasteiger partial charge in [0.1, 0.15) is 5.75 Å². The number of hydrogen-bond acceptors (Lipinski definition) is 4. The van der Waals surface area contributed by atoms with Crippen molar-refractivity contribution in [2.24, 2.45) is 0 Å². The van der Waals surface area contributed by atoms with Crippen LogP contribution in [0.15, 0.2) is 66.7 Å². The number of carbonyl (C=O) groups excluding carboxylic acids is 1. The highest BCUT2D eigenvalue weighted by Gasteiger charge is 2.18. The molecule has 0 bridgehead atoms. The fourth-order valence-corrected chi connectivity index (χ4v) is 5.87. The number of halogens is 2. The van der Waals surface area contributed by atoms with Crippen molar-refractivity contribution >= 4 is 32.6 Å². The van der Waals surface area contributed by atoms with Gasteiger partial charge < -0.3 is 21.7 Å². The van der Waals surface area contributed by atoms with E-state index in [0.717, 1.165) is 16.0 Å². The molecule has 0 atom stereocenters. The molecule has 0 unspecified atom stereocenters. The largest absolute Gasteiger partial charge is 1.00 e. The highest BCUT2D eigenvalue weighted by molar-refractivity contribution is 7.22. The Hall–Kier alpha value is -1.97. The van der Waals surface area contributed by atoms with Gasteiger partial charge >= 0.3 is 21.2 Å². The zero-order chi connectivity index (χ0) is 19.5. The van der Waals surface area contributed by atoms with Crippen molar-refractivity contribution in [2.75, 3.05) is 12.4 Å². The van der Waals surface area contributed by atoms with Crippen LogP contribution in [-0.2, 0) is 0 Å². The number of carbonyl (C=O) groups is 1. The van der Waals surface area contributed by atoms with Gasteiger partial charge in [0, 0.05) is 11.6 Å². The predicted octanol–water partition coefficient (Wildman–Crippen LogP) is -1.00. The van der Waals surface area contributed by atoms with Crippen molar-refractivity contribution < 1.29 is 47.7 Å². The molecule has 1 N–H and O–H groups in total. The molecule has 0 aliphatic carbocycles. The Balaban J connectivity index is 0.00000240. The summed E-state index contributed by atoms with van der Waals surface area (Å²) in [6, 6.07) is 22.2. The maximum Gasteiger partial charge on any atom is 0.357 e. The molecule has 4 aromatic rings. The normalized spacial score (nSPS) is 10.4. The number of amides is 1. The van der Waals surface area contributed by atoms with Gasteiger partial charge in [-0.15, -0.1) is 0 Å². The summed E-state index contributed by atoms with van der Waals surface area (Å²) in [5, 5.41) is 3.51. The molecule has 0 saturated carbocycles. The van der Waals surface area contributed by atoms with Crippen LogP contribution in [0.5, 0.6) is 5.75 Å². The first-order chi connectivity index (χ1) is 13.6. The number of ether oxygens (including phenoxy) is 1. The molecule has 0 spiro atoms. The lowest BCUT2D eigenvalue weighted by atomic mass is 10.2. The quantitative estimate of drug-likeness (QED) is 0.308. The Morgan fingerprint density at radius 1 is 1.03 bits per heavy atom. The summed E-state index contributed by atoms with van der Waals surface area (Å²) in [6.07, 6.45) is 0. The van der Waals surface area contributed by atoms with Gasteiger partial charge in [0.15, 0.2) is 12.3 Å². The standard InChI is InChI=1S/C22H17IN2O2S.BrH/c1-14-6-8-16(9-7-14)23-17-5-3-4-15(12-17)21(26)25-22-24-19-11-10-18(27-2)13-20(19)28-22;/h3-13H,1-2H3;1H. The second-order valence-electron chi connectivity index (χ2n) is 6.21. The molecule has 0 fully saturated rings. The zero-order valence-electron chi connectivity index (χ0n) is 15.8. The van der Waals surface area contributed by atoms with E-state index in [1.165, 1.54) is 24.0 Å². The first-order valence-electron chi connectivity index (χ1n) is 8.68. The number of hydrogen-bond donors (Lipinski definition) is 1. The van der Waals surface area contributed by atoms with Gasteiger partial charge in [0.25, 0.3) is 5.91 Å². The number of benzene rings is 3. The van der Waals surface area contributed by atoms with E-state index >= 15 is 0 Å². The molecule has 1 heterocycles. The third-order valence-corrected chi connectivity index (χ3v) is 7.70. The fraction of sp³-hybridized carbons (Fsp3) is 0.0909. The average molecular weight is 581 g/mol. The number of nitrogens with zero attached hydrogens (tertiary/aromatic N) is 1. The van der Waals surface area contributed by atoms with Gasteiger partial charge in [-0.3, -0.25) is 10.1 Å². The van der Waals surface area contributed by atoms with Crippen molar-refractivity contribution in [3.63, 3.8) is 0 Å². The summed E-state index contributed by atoms with van der Waals surface area (Å²) < 4.78 is 8.77. The molecule has 3 aromatic carbocycles. The van der Waals surface area contributed by atoms with E-state index in [1.807, 2.05) is 36.4 Å². The number of aryl methyl sites for hydroxylation is 1. The van der Waals surface area contributed by atoms with E-state index in [4.69, 9.17) is 4.74 Å². The minimum atomic E-state index is -0.316. The fourth-order valence-electron chi connectivity index (χ4n) is 2.67. The van der Waals surface area contributed by atoms with Gasteiger partial charge in [0.05, 0.1) is 17.3 Å². The van der Waals surface area contributed by atoms with Crippen LogP contribution in [0.3, 0.4) is 0 Å². The monoisotopic (exact) mass is 580 g/mol. The zero-order valence-corrected chi connectivity index (χ0v) is 20.3. The Morgan fingerprint density at radius 3 is 2.59 bits per heavy atom. The number of nitrogens with one attached hydrogen (secondary N) is 1. The molecule has 7 heteroatoms. The minimum absolute atomic E-state index is 0. The molecule has 0 saturated heterocycles. The maximum absolute atomic E-state index is 12.7. The third kappa shape index (κ3) is 5.34. The Morgan fingerprint density at radius 2 is 1.83 bits per heavy atom. The Labute approximate surface area is 194 Å². The number of fused-ring (bicyclic) bond motifs is 1. The average Bonchev–Trinajstić information content (AvgIpc) is 3.11. The maximum atomic E-state index is 12.7. The summed E-state index contributed by atoms with van der Waals surface area (Å²) in [6.45, 7) is 2.09. The molecule has 4 rings (SSSR count). The summed E-state index contributed by atoms with van der Waals surface area (Å²) in [5.74, 6) is 0.641. The number of methoxy groups -OCH3 is 1. The summed E-state index contributed by atoms with van der Waals surface area (Å²) in [7, 11) is 1.64. The smallest absolute Gasteiger partial charge is 0.357 e. The van der Waals surface area contributed by atoms with Crippen LogP contribution in [0.2, 0.25) is 0 Å². The van der Waals surface area contributed by atoms with Crippen LogP contribution < -0.4 is 48.2 Å². The lowest BCUT2D eigenvalue weighted by Crippen LogP contribution is -3.61. The van der Waals surface area contributed by atoms with Gasteiger partial charge in [-0.05, 0) is 49.4 Å². The van der Waals surface area contributed by atoms with Crippen LogP contribution in [0.1, 0.15) is 15.9 Å². The van der Waals surface area contributed by atoms with Crippen molar-refractivity contribution in [2.45, 2.75) is 6.92 Å². The number of anilines is 1. The molecule has 0 aliphatic rings. The van der Waals surface area contributed by atoms with Gasteiger partial charge in [-0.2, -0.15) is 0 Å². The molecule has 0 radical (unpaired) electrons. The van der Waals surface area contributed by atoms with E-state index in [2.05, 4.69) is 47.6 Å². The minimum Gasteiger partial charge on any atom is -1.00 e. The molecule has 1 aromatic heterocycles. The van der Waals surface area contributed by atoms with Crippen LogP contribution >= 0.6 is 11.3 Å². The third-order valence-electron chi connectivity index (χ3n) is 4.13. The van der Waals surface area contributed by atoms with E-state index in [9.17, 15) is 4.79 Å². The van der Waals surface area contributed by atoms with Crippen LogP contribution in [0, 0.1) is 14.1 Å². The lowest BCUT2D eigenvalue weighted by Gasteiger charge is -2.00. The van der Waals surface area contributed by atoms with Gasteiger partial charge in [-0.25, -0.2) is 4.98 Å². The molecular formula is C22H18BrIN2O2S. The van der Waals surface area contributed by atoms with E-state index in [-0.39, 0.29) is 44.1 Å². The molecule has 4 nitrogen and oxygen atoms in total. The number of aromatic nitrogens is 1. The molecule has 1 amide bonds. The topological polar surface area (TPSA) is 51.2 Å². The van der Waals surface area contributed by atoms with E-state index in [1.54, 1.807) is 7.11 Å². The highest BCUT2D eigenvalue weighted by atomic mass is 127. The Bertz CT molecular complexity index is 1150.